The van der Waals surface area contributed by atoms with Crippen molar-refractivity contribution < 1.29 is 25.2 Å². The Balaban J connectivity index is 2.20. The largest absolute Gasteiger partial charge is 0.508 e. The van der Waals surface area contributed by atoms with Crippen LogP contribution in [0.25, 0.3) is 0 Å². The normalized spacial score (nSPS) is 14.3. The van der Waals surface area contributed by atoms with Gasteiger partial charge in [0.05, 0.1) is 25.4 Å². The van der Waals surface area contributed by atoms with Crippen molar-refractivity contribution in [3.8, 4) is 11.5 Å². The number of phenolic OH excluding ortho intramolecular Hbond substituents is 1. The molecule has 0 heterocycles. The Labute approximate surface area is 197 Å². The third-order valence-corrected chi connectivity index (χ3v) is 5.22. The standard InChI is InChI=1S/C26H40N2O5/c1-25(2,3)27-13-23(32)17-7-9-22(31)20(11-17)16-33-24(14-28-26(4,5)6)18-8-10-21(30)19(12-18)15-29/h7-12,23-24,27-32H,13-16H2,1-6H3/t23-,24?/m0/s1. The Morgan fingerprint density at radius 1 is 0.788 bits per heavy atom. The molecule has 33 heavy (non-hydrogen) atoms. The summed E-state index contributed by atoms with van der Waals surface area (Å²) in [6.45, 7) is 13.0. The summed E-state index contributed by atoms with van der Waals surface area (Å²) in [5, 5.41) is 47.1. The molecule has 0 aliphatic rings. The van der Waals surface area contributed by atoms with Crippen LogP contribution in [0.1, 0.15) is 76.0 Å². The molecule has 7 nitrogen and oxygen atoms in total. The summed E-state index contributed by atoms with van der Waals surface area (Å²) in [7, 11) is 0. The SMILES string of the molecule is CC(C)(C)NCC(OCc1cc([C@@H](O)CNC(C)(C)C)ccc1O)c1ccc(O)c(CO)c1. The minimum atomic E-state index is -0.717. The molecule has 0 radical (unpaired) electrons. The van der Waals surface area contributed by atoms with Gasteiger partial charge in [0, 0.05) is 35.3 Å². The van der Waals surface area contributed by atoms with Gasteiger partial charge in [0.2, 0.25) is 0 Å². The molecular weight excluding hydrogens is 420 g/mol. The van der Waals surface area contributed by atoms with E-state index in [4.69, 9.17) is 4.74 Å². The van der Waals surface area contributed by atoms with Crippen LogP contribution >= 0.6 is 0 Å². The van der Waals surface area contributed by atoms with Crippen LogP contribution < -0.4 is 10.6 Å². The fourth-order valence-electron chi connectivity index (χ4n) is 3.24. The van der Waals surface area contributed by atoms with Gasteiger partial charge in [-0.15, -0.1) is 0 Å². The molecule has 2 aromatic carbocycles. The predicted molar refractivity (Wildman–Crippen MR) is 130 cm³/mol. The molecule has 184 valence electrons. The molecular formula is C26H40N2O5. The Hall–Kier alpha value is -2.16. The average molecular weight is 461 g/mol. The van der Waals surface area contributed by atoms with E-state index in [-0.39, 0.29) is 41.9 Å². The minimum Gasteiger partial charge on any atom is -0.508 e. The molecule has 2 rings (SSSR count). The van der Waals surface area contributed by atoms with Crippen molar-refractivity contribution in [2.75, 3.05) is 13.1 Å². The van der Waals surface area contributed by atoms with Crippen LogP contribution in [-0.2, 0) is 18.0 Å². The molecule has 0 amide bonds. The number of ether oxygens (including phenoxy) is 1. The number of hydrogen-bond acceptors (Lipinski definition) is 7. The number of aromatic hydroxyl groups is 2. The molecule has 0 aliphatic carbocycles. The molecule has 0 spiro atoms. The zero-order valence-electron chi connectivity index (χ0n) is 20.6. The number of aliphatic hydroxyl groups excluding tert-OH is 2. The zero-order chi connectivity index (χ0) is 24.8. The van der Waals surface area contributed by atoms with Gasteiger partial charge < -0.3 is 35.8 Å². The fraction of sp³-hybridized carbons (Fsp3) is 0.538. The van der Waals surface area contributed by atoms with Crippen molar-refractivity contribution in [2.45, 2.75) is 78.0 Å². The Kier molecular flexibility index (Phi) is 9.29. The lowest BCUT2D eigenvalue weighted by Crippen LogP contribution is -2.39. The first-order valence-electron chi connectivity index (χ1n) is 11.3. The van der Waals surface area contributed by atoms with Crippen molar-refractivity contribution in [1.82, 2.24) is 10.6 Å². The summed E-state index contributed by atoms with van der Waals surface area (Å²) in [6.07, 6.45) is -1.10. The monoisotopic (exact) mass is 460 g/mol. The molecule has 2 aromatic rings. The summed E-state index contributed by atoms with van der Waals surface area (Å²) in [6, 6.07) is 10.1. The summed E-state index contributed by atoms with van der Waals surface area (Å²) >= 11 is 0. The number of hydrogen-bond donors (Lipinski definition) is 6. The van der Waals surface area contributed by atoms with Crippen molar-refractivity contribution >= 4 is 0 Å². The van der Waals surface area contributed by atoms with Crippen molar-refractivity contribution in [3.05, 3.63) is 58.7 Å². The van der Waals surface area contributed by atoms with E-state index in [1.165, 1.54) is 0 Å². The number of rotatable bonds is 10. The van der Waals surface area contributed by atoms with Gasteiger partial charge in [-0.25, -0.2) is 0 Å². The number of benzene rings is 2. The summed E-state index contributed by atoms with van der Waals surface area (Å²) in [5.41, 5.74) is 2.25. The van der Waals surface area contributed by atoms with Crippen molar-refractivity contribution in [2.24, 2.45) is 0 Å². The Morgan fingerprint density at radius 3 is 1.88 bits per heavy atom. The van der Waals surface area contributed by atoms with E-state index in [9.17, 15) is 20.4 Å². The molecule has 0 bridgehead atoms. The second kappa shape index (κ2) is 11.3. The molecule has 0 aromatic heterocycles. The van der Waals surface area contributed by atoms with Crippen LogP contribution in [0.4, 0.5) is 0 Å². The van der Waals surface area contributed by atoms with E-state index in [1.54, 1.807) is 36.4 Å². The fourth-order valence-corrected chi connectivity index (χ4v) is 3.24. The lowest BCUT2D eigenvalue weighted by Gasteiger charge is -2.26. The maximum atomic E-state index is 10.6. The van der Waals surface area contributed by atoms with Gasteiger partial charge in [-0.2, -0.15) is 0 Å². The van der Waals surface area contributed by atoms with Gasteiger partial charge in [0.1, 0.15) is 11.5 Å². The molecule has 0 saturated heterocycles. The quantitative estimate of drug-likeness (QED) is 0.321. The van der Waals surface area contributed by atoms with Gasteiger partial charge >= 0.3 is 0 Å². The van der Waals surface area contributed by atoms with Crippen molar-refractivity contribution in [3.63, 3.8) is 0 Å². The molecule has 6 N–H and O–H groups in total. The van der Waals surface area contributed by atoms with Crippen LogP contribution in [0, 0.1) is 0 Å². The van der Waals surface area contributed by atoms with Crippen LogP contribution in [0.2, 0.25) is 0 Å². The first-order valence-corrected chi connectivity index (χ1v) is 11.3. The first-order chi connectivity index (χ1) is 15.3. The highest BCUT2D eigenvalue weighted by Gasteiger charge is 2.20. The molecule has 7 heteroatoms. The van der Waals surface area contributed by atoms with E-state index >= 15 is 0 Å². The lowest BCUT2D eigenvalue weighted by molar-refractivity contribution is 0.0346. The van der Waals surface area contributed by atoms with Crippen LogP contribution in [0.3, 0.4) is 0 Å². The number of β-amino-alcohol motifs (C(OH)–C–C–N with tert-alkyl or cyclic N) is 1. The van der Waals surface area contributed by atoms with E-state index < -0.39 is 6.10 Å². The van der Waals surface area contributed by atoms with Gasteiger partial charge in [0.25, 0.3) is 0 Å². The molecule has 0 fully saturated rings. The number of aliphatic hydroxyl groups is 2. The number of nitrogens with one attached hydrogen (secondary N) is 2. The minimum absolute atomic E-state index is 0.0342. The number of phenols is 2. The van der Waals surface area contributed by atoms with Crippen LogP contribution in [0.5, 0.6) is 11.5 Å². The molecule has 0 aliphatic heterocycles. The maximum absolute atomic E-state index is 10.6. The Morgan fingerprint density at radius 2 is 1.30 bits per heavy atom. The first kappa shape index (κ1) is 27.1. The van der Waals surface area contributed by atoms with E-state index in [1.807, 2.05) is 20.8 Å². The highest BCUT2D eigenvalue weighted by molar-refractivity contribution is 5.38. The zero-order valence-corrected chi connectivity index (χ0v) is 20.6. The second-order valence-electron chi connectivity index (χ2n) is 10.5. The highest BCUT2D eigenvalue weighted by Crippen LogP contribution is 2.28. The lowest BCUT2D eigenvalue weighted by atomic mass is 10.0. The van der Waals surface area contributed by atoms with Gasteiger partial charge in [-0.05, 0) is 76.9 Å². The maximum Gasteiger partial charge on any atom is 0.121 e. The second-order valence-corrected chi connectivity index (χ2v) is 10.5. The molecule has 2 atom stereocenters. The van der Waals surface area contributed by atoms with Crippen molar-refractivity contribution in [1.29, 1.82) is 0 Å². The topological polar surface area (TPSA) is 114 Å². The highest BCUT2D eigenvalue weighted by atomic mass is 16.5. The molecule has 0 saturated carbocycles. The predicted octanol–water partition coefficient (Wildman–Crippen LogP) is 3.66. The average Bonchev–Trinajstić information content (AvgIpc) is 2.72. The summed E-state index contributed by atoms with van der Waals surface area (Å²) in [5.74, 6) is 0.131. The smallest absolute Gasteiger partial charge is 0.121 e. The van der Waals surface area contributed by atoms with Gasteiger partial charge in [-0.3, -0.25) is 0 Å². The van der Waals surface area contributed by atoms with E-state index in [0.717, 1.165) is 5.56 Å². The third-order valence-electron chi connectivity index (χ3n) is 5.22. The van der Waals surface area contributed by atoms with Gasteiger partial charge in [-0.1, -0.05) is 12.1 Å². The molecule has 1 unspecified atom stereocenters. The van der Waals surface area contributed by atoms with Crippen LogP contribution in [0.15, 0.2) is 36.4 Å². The van der Waals surface area contributed by atoms with Crippen LogP contribution in [-0.4, -0.2) is 44.6 Å². The third kappa shape index (κ3) is 8.95. The summed E-state index contributed by atoms with van der Waals surface area (Å²) < 4.78 is 6.20. The summed E-state index contributed by atoms with van der Waals surface area (Å²) in [4.78, 5) is 0. The van der Waals surface area contributed by atoms with Gasteiger partial charge in [0.15, 0.2) is 0 Å². The van der Waals surface area contributed by atoms with E-state index in [2.05, 4.69) is 31.4 Å². The van der Waals surface area contributed by atoms with E-state index in [0.29, 0.717) is 29.8 Å². The Bertz CT molecular complexity index is 903.